The SMILES string of the molecule is Cc1ccc(CNC(=O)[C@]2(C)Oc3cccnc3N(C(C)C)C2=O)o1. The van der Waals surface area contributed by atoms with E-state index < -0.39 is 17.4 Å². The molecule has 7 heteroatoms. The van der Waals surface area contributed by atoms with Crippen LogP contribution >= 0.6 is 0 Å². The molecule has 0 fully saturated rings. The van der Waals surface area contributed by atoms with Gasteiger partial charge in [0, 0.05) is 12.2 Å². The number of nitrogens with one attached hydrogen (secondary N) is 1. The number of rotatable bonds is 4. The highest BCUT2D eigenvalue weighted by atomic mass is 16.5. The van der Waals surface area contributed by atoms with Gasteiger partial charge in [-0.15, -0.1) is 0 Å². The second kappa shape index (κ2) is 6.23. The first-order valence-electron chi connectivity index (χ1n) is 8.14. The number of amides is 2. The molecule has 0 saturated carbocycles. The highest BCUT2D eigenvalue weighted by Gasteiger charge is 2.51. The fourth-order valence-corrected chi connectivity index (χ4v) is 2.77. The van der Waals surface area contributed by atoms with Gasteiger partial charge in [0.25, 0.3) is 17.4 Å². The number of anilines is 1. The molecule has 0 aliphatic carbocycles. The maximum Gasteiger partial charge on any atom is 0.282 e. The van der Waals surface area contributed by atoms with E-state index in [-0.39, 0.29) is 12.6 Å². The van der Waals surface area contributed by atoms with E-state index >= 15 is 0 Å². The molecule has 0 spiro atoms. The Morgan fingerprint density at radius 2 is 2.12 bits per heavy atom. The molecule has 0 radical (unpaired) electrons. The van der Waals surface area contributed by atoms with Gasteiger partial charge in [-0.2, -0.15) is 0 Å². The number of nitrogens with zero attached hydrogens (tertiary/aromatic N) is 2. The van der Waals surface area contributed by atoms with Crippen LogP contribution in [0.1, 0.15) is 32.3 Å². The topological polar surface area (TPSA) is 84.7 Å². The fraction of sp³-hybridized carbons (Fsp3) is 0.389. The van der Waals surface area contributed by atoms with Crippen molar-refractivity contribution < 1.29 is 18.7 Å². The van der Waals surface area contributed by atoms with E-state index in [2.05, 4.69) is 10.3 Å². The van der Waals surface area contributed by atoms with Gasteiger partial charge in [0.2, 0.25) is 0 Å². The smallest absolute Gasteiger partial charge is 0.282 e. The van der Waals surface area contributed by atoms with Crippen molar-refractivity contribution in [2.75, 3.05) is 4.90 Å². The molecule has 7 nitrogen and oxygen atoms in total. The van der Waals surface area contributed by atoms with Crippen LogP contribution in [0.15, 0.2) is 34.9 Å². The summed E-state index contributed by atoms with van der Waals surface area (Å²) < 4.78 is 11.2. The minimum absolute atomic E-state index is 0.162. The van der Waals surface area contributed by atoms with Crippen LogP contribution in [0.5, 0.6) is 5.75 Å². The number of furan rings is 1. The summed E-state index contributed by atoms with van der Waals surface area (Å²) in [6.45, 7) is 7.21. The van der Waals surface area contributed by atoms with Crippen LogP contribution in [0.3, 0.4) is 0 Å². The molecule has 132 valence electrons. The Bertz CT molecular complexity index is 814. The van der Waals surface area contributed by atoms with Crippen LogP contribution in [-0.2, 0) is 16.1 Å². The van der Waals surface area contributed by atoms with E-state index in [0.717, 1.165) is 5.76 Å². The third kappa shape index (κ3) is 2.97. The highest BCUT2D eigenvalue weighted by molar-refractivity contribution is 6.16. The molecule has 3 rings (SSSR count). The minimum atomic E-state index is -1.66. The summed E-state index contributed by atoms with van der Waals surface area (Å²) in [4.78, 5) is 31.5. The monoisotopic (exact) mass is 343 g/mol. The predicted molar refractivity (Wildman–Crippen MR) is 91.2 cm³/mol. The van der Waals surface area contributed by atoms with Gasteiger partial charge in [0.1, 0.15) is 11.5 Å². The van der Waals surface area contributed by atoms with Gasteiger partial charge >= 0.3 is 0 Å². The van der Waals surface area contributed by atoms with E-state index in [1.54, 1.807) is 24.4 Å². The lowest BCUT2D eigenvalue weighted by Gasteiger charge is -2.40. The van der Waals surface area contributed by atoms with Crippen LogP contribution in [-0.4, -0.2) is 28.4 Å². The molecule has 1 aliphatic heterocycles. The molecule has 1 atom stereocenters. The molecule has 3 heterocycles. The van der Waals surface area contributed by atoms with Crippen LogP contribution in [0.25, 0.3) is 0 Å². The standard InChI is InChI=1S/C18H21N3O4/c1-11(2)21-15-14(6-5-9-19-15)25-18(4,17(21)23)16(22)20-10-13-8-7-12(3)24-13/h5-9,11H,10H2,1-4H3,(H,20,22)/t18-/m0/s1. The van der Waals surface area contributed by atoms with Crippen LogP contribution in [0, 0.1) is 6.92 Å². The molecule has 0 aromatic carbocycles. The molecule has 0 saturated heterocycles. The first-order valence-corrected chi connectivity index (χ1v) is 8.14. The number of hydrogen-bond donors (Lipinski definition) is 1. The third-order valence-electron chi connectivity index (χ3n) is 4.09. The van der Waals surface area contributed by atoms with Gasteiger partial charge in [-0.05, 0) is 52.0 Å². The van der Waals surface area contributed by atoms with Crippen molar-refractivity contribution in [2.45, 2.75) is 45.9 Å². The quantitative estimate of drug-likeness (QED) is 0.860. The lowest BCUT2D eigenvalue weighted by atomic mass is 10.00. The zero-order valence-electron chi connectivity index (χ0n) is 14.7. The Morgan fingerprint density at radius 3 is 2.76 bits per heavy atom. The molecule has 2 aromatic heterocycles. The average molecular weight is 343 g/mol. The van der Waals surface area contributed by atoms with Gasteiger partial charge in [0.05, 0.1) is 6.54 Å². The van der Waals surface area contributed by atoms with Gasteiger partial charge in [-0.3, -0.25) is 14.5 Å². The first-order chi connectivity index (χ1) is 11.8. The Hall–Kier alpha value is -2.83. The predicted octanol–water partition coefficient (Wildman–Crippen LogP) is 2.19. The Kier molecular flexibility index (Phi) is 4.24. The molecule has 0 unspecified atom stereocenters. The van der Waals surface area contributed by atoms with Crippen LogP contribution in [0.4, 0.5) is 5.82 Å². The number of carbonyl (C=O) groups is 2. The van der Waals surface area contributed by atoms with Crippen LogP contribution < -0.4 is 15.0 Å². The van der Waals surface area contributed by atoms with Gasteiger partial charge in [-0.1, -0.05) is 0 Å². The number of aromatic nitrogens is 1. The Balaban J connectivity index is 1.86. The average Bonchev–Trinajstić information content (AvgIpc) is 2.98. The molecule has 1 N–H and O–H groups in total. The van der Waals surface area contributed by atoms with Crippen molar-refractivity contribution in [3.63, 3.8) is 0 Å². The number of carbonyl (C=O) groups excluding carboxylic acids is 2. The van der Waals surface area contributed by atoms with E-state index in [1.165, 1.54) is 11.8 Å². The highest BCUT2D eigenvalue weighted by Crippen LogP contribution is 2.37. The van der Waals surface area contributed by atoms with E-state index in [1.807, 2.05) is 26.8 Å². The van der Waals surface area contributed by atoms with Crippen molar-refractivity contribution in [2.24, 2.45) is 0 Å². The molecule has 1 aliphatic rings. The van der Waals surface area contributed by atoms with Crippen molar-refractivity contribution >= 4 is 17.6 Å². The summed E-state index contributed by atoms with van der Waals surface area (Å²) in [6.07, 6.45) is 1.59. The second-order valence-corrected chi connectivity index (χ2v) is 6.42. The molecule has 2 aromatic rings. The largest absolute Gasteiger partial charge is 0.465 e. The number of ether oxygens (including phenoxy) is 1. The molecule has 2 amide bonds. The Morgan fingerprint density at radius 1 is 1.36 bits per heavy atom. The normalized spacial score (nSPS) is 19.6. The number of aryl methyl sites for hydroxylation is 1. The maximum absolute atomic E-state index is 13.0. The Labute approximate surface area is 146 Å². The zero-order chi connectivity index (χ0) is 18.2. The van der Waals surface area contributed by atoms with Gasteiger partial charge < -0.3 is 14.5 Å². The maximum atomic E-state index is 13.0. The summed E-state index contributed by atoms with van der Waals surface area (Å²) >= 11 is 0. The van der Waals surface area contributed by atoms with E-state index in [0.29, 0.717) is 17.3 Å². The summed E-state index contributed by atoms with van der Waals surface area (Å²) in [5, 5.41) is 2.72. The zero-order valence-corrected chi connectivity index (χ0v) is 14.7. The molecular formula is C18H21N3O4. The molecule has 0 bridgehead atoms. The van der Waals surface area contributed by atoms with Crippen molar-refractivity contribution in [1.29, 1.82) is 0 Å². The first kappa shape index (κ1) is 17.0. The summed E-state index contributed by atoms with van der Waals surface area (Å²) in [7, 11) is 0. The minimum Gasteiger partial charge on any atom is -0.465 e. The lowest BCUT2D eigenvalue weighted by Crippen LogP contribution is -2.63. The fourth-order valence-electron chi connectivity index (χ4n) is 2.77. The molecular weight excluding hydrogens is 322 g/mol. The number of fused-ring (bicyclic) bond motifs is 1. The van der Waals surface area contributed by atoms with Crippen molar-refractivity contribution in [3.8, 4) is 5.75 Å². The molecule has 25 heavy (non-hydrogen) atoms. The number of pyridine rings is 1. The lowest BCUT2D eigenvalue weighted by molar-refractivity contribution is -0.149. The van der Waals surface area contributed by atoms with E-state index in [4.69, 9.17) is 9.15 Å². The van der Waals surface area contributed by atoms with E-state index in [9.17, 15) is 9.59 Å². The summed E-state index contributed by atoms with van der Waals surface area (Å²) in [5.41, 5.74) is -1.66. The van der Waals surface area contributed by atoms with Crippen molar-refractivity contribution in [3.05, 3.63) is 42.0 Å². The third-order valence-corrected chi connectivity index (χ3v) is 4.09. The second-order valence-electron chi connectivity index (χ2n) is 6.42. The van der Waals surface area contributed by atoms with Crippen LogP contribution in [0.2, 0.25) is 0 Å². The summed E-state index contributed by atoms with van der Waals surface area (Å²) in [5.74, 6) is 1.23. The summed E-state index contributed by atoms with van der Waals surface area (Å²) in [6, 6.07) is 6.84. The van der Waals surface area contributed by atoms with Gasteiger partial charge in [0.15, 0.2) is 11.6 Å². The van der Waals surface area contributed by atoms with Crippen molar-refractivity contribution in [1.82, 2.24) is 10.3 Å². The van der Waals surface area contributed by atoms with Gasteiger partial charge in [-0.25, -0.2) is 4.98 Å². The number of hydrogen-bond acceptors (Lipinski definition) is 5.